The zero-order valence-corrected chi connectivity index (χ0v) is 15.0. The minimum absolute atomic E-state index is 0.0118. The van der Waals surface area contributed by atoms with Crippen molar-refractivity contribution in [2.24, 2.45) is 0 Å². The second kappa shape index (κ2) is 8.85. The van der Waals surface area contributed by atoms with Gasteiger partial charge in [-0.1, -0.05) is 6.92 Å². The Morgan fingerprint density at radius 2 is 2.04 bits per heavy atom. The molecule has 142 valence electrons. The molecule has 0 aliphatic heterocycles. The number of carbonyl (C=O) groups is 3. The van der Waals surface area contributed by atoms with Crippen LogP contribution in [0.15, 0.2) is 24.4 Å². The van der Waals surface area contributed by atoms with E-state index in [1.807, 2.05) is 6.92 Å². The summed E-state index contributed by atoms with van der Waals surface area (Å²) in [6, 6.07) is 4.10. The molecule has 10 nitrogen and oxygen atoms in total. The number of rotatable bonds is 8. The van der Waals surface area contributed by atoms with Gasteiger partial charge >= 0.3 is 11.0 Å². The number of amides is 2. The third-order valence-electron chi connectivity index (χ3n) is 3.38. The van der Waals surface area contributed by atoms with Crippen molar-refractivity contribution in [2.45, 2.75) is 19.8 Å². The molecule has 1 heterocycles. The van der Waals surface area contributed by atoms with Crippen LogP contribution in [0.1, 0.15) is 39.6 Å². The van der Waals surface area contributed by atoms with Gasteiger partial charge in [0.05, 0.1) is 11.3 Å². The molecule has 0 unspecified atom stereocenters. The largest absolute Gasteiger partial charge is 0.481 e. The number of anilines is 1. The van der Waals surface area contributed by atoms with Crippen molar-refractivity contribution in [1.29, 1.82) is 0 Å². The quantitative estimate of drug-likeness (QED) is 0.459. The van der Waals surface area contributed by atoms with E-state index in [4.69, 9.17) is 5.11 Å². The van der Waals surface area contributed by atoms with Gasteiger partial charge in [-0.25, -0.2) is 4.98 Å². The number of nitro groups is 1. The van der Waals surface area contributed by atoms with Crippen molar-refractivity contribution in [1.82, 2.24) is 10.3 Å². The number of carbonyl (C=O) groups excluding carboxylic acids is 2. The molecule has 2 aromatic rings. The summed E-state index contributed by atoms with van der Waals surface area (Å²) in [5.74, 6) is -2.21. The van der Waals surface area contributed by atoms with Crippen LogP contribution in [-0.2, 0) is 11.2 Å². The van der Waals surface area contributed by atoms with E-state index in [1.54, 1.807) is 0 Å². The van der Waals surface area contributed by atoms with Crippen LogP contribution >= 0.6 is 11.3 Å². The molecule has 2 amide bonds. The molecule has 0 spiro atoms. The molecule has 2 rings (SSSR count). The van der Waals surface area contributed by atoms with Crippen molar-refractivity contribution in [3.05, 3.63) is 51.2 Å². The summed E-state index contributed by atoms with van der Waals surface area (Å²) in [7, 11) is 0. The molecule has 27 heavy (non-hydrogen) atoms. The number of aromatic nitrogens is 1. The summed E-state index contributed by atoms with van der Waals surface area (Å²) >= 11 is 0.678. The topological polar surface area (TPSA) is 152 Å². The van der Waals surface area contributed by atoms with Crippen molar-refractivity contribution in [2.75, 3.05) is 11.9 Å². The first kappa shape index (κ1) is 20.0. The molecule has 0 radical (unpaired) electrons. The van der Waals surface area contributed by atoms with E-state index in [0.717, 1.165) is 12.6 Å². The van der Waals surface area contributed by atoms with Gasteiger partial charge in [0.25, 0.3) is 11.8 Å². The number of carboxylic acids is 1. The van der Waals surface area contributed by atoms with Crippen LogP contribution in [0, 0.1) is 10.1 Å². The molecule has 1 aromatic carbocycles. The molecule has 1 aromatic heterocycles. The lowest BCUT2D eigenvalue weighted by molar-refractivity contribution is -0.380. The molecule has 0 saturated carbocycles. The zero-order valence-electron chi connectivity index (χ0n) is 14.2. The summed E-state index contributed by atoms with van der Waals surface area (Å²) in [4.78, 5) is 49.4. The lowest BCUT2D eigenvalue weighted by Gasteiger charge is -2.10. The third-order valence-corrected chi connectivity index (χ3v) is 4.25. The molecule has 11 heteroatoms. The molecule has 0 aliphatic rings. The number of benzene rings is 1. The average molecular weight is 392 g/mol. The Hall–Kier alpha value is -3.34. The molecule has 3 N–H and O–H groups in total. The van der Waals surface area contributed by atoms with Gasteiger partial charge in [0, 0.05) is 17.7 Å². The van der Waals surface area contributed by atoms with Crippen molar-refractivity contribution in [3.63, 3.8) is 0 Å². The highest BCUT2D eigenvalue weighted by Crippen LogP contribution is 2.26. The normalized spacial score (nSPS) is 10.3. The van der Waals surface area contributed by atoms with Gasteiger partial charge in [-0.15, -0.1) is 0 Å². The Morgan fingerprint density at radius 3 is 2.63 bits per heavy atom. The van der Waals surface area contributed by atoms with E-state index >= 15 is 0 Å². The van der Waals surface area contributed by atoms with Gasteiger partial charge in [-0.3, -0.25) is 29.8 Å². The van der Waals surface area contributed by atoms with Gasteiger partial charge in [0.2, 0.25) is 0 Å². The maximum atomic E-state index is 12.4. The standard InChI is InChI=1S/C16H16N4O6S/c1-2-5-17-14(23)9-3-4-11(10(6-9)7-13(21)22)15(24)19-16-18-8-12(27-16)20(25)26/h3-4,6,8H,2,5,7H2,1H3,(H,17,23)(H,21,22)(H,18,19,24). The highest BCUT2D eigenvalue weighted by molar-refractivity contribution is 7.18. The van der Waals surface area contributed by atoms with Gasteiger partial charge < -0.3 is 10.4 Å². The number of thiazole rings is 1. The zero-order chi connectivity index (χ0) is 20.0. The summed E-state index contributed by atoms with van der Waals surface area (Å²) in [5.41, 5.74) is 0.429. The SMILES string of the molecule is CCCNC(=O)c1ccc(C(=O)Nc2ncc([N+](=O)[O-])s2)c(CC(=O)O)c1. The smallest absolute Gasteiger partial charge is 0.345 e. The number of nitrogens with one attached hydrogen (secondary N) is 2. The molecule has 0 saturated heterocycles. The fourth-order valence-corrected chi connectivity index (χ4v) is 2.81. The lowest BCUT2D eigenvalue weighted by Crippen LogP contribution is -2.24. The molecule has 0 bridgehead atoms. The Bertz CT molecular complexity index is 895. The predicted molar refractivity (Wildman–Crippen MR) is 97.1 cm³/mol. The fourth-order valence-electron chi connectivity index (χ4n) is 2.18. The summed E-state index contributed by atoms with van der Waals surface area (Å²) < 4.78 is 0. The summed E-state index contributed by atoms with van der Waals surface area (Å²) in [6.45, 7) is 2.37. The first-order chi connectivity index (χ1) is 12.8. The second-order valence-corrected chi connectivity index (χ2v) is 6.42. The lowest BCUT2D eigenvalue weighted by atomic mass is 10.00. The minimum atomic E-state index is -1.17. The van der Waals surface area contributed by atoms with E-state index < -0.39 is 23.2 Å². The number of aliphatic carboxylic acids is 1. The minimum Gasteiger partial charge on any atom is -0.481 e. The summed E-state index contributed by atoms with van der Waals surface area (Å²) in [5, 5.41) is 24.6. The number of carboxylic acid groups (broad SMARTS) is 1. The van der Waals surface area contributed by atoms with Crippen LogP contribution in [-0.4, -0.2) is 39.3 Å². The maximum Gasteiger partial charge on any atom is 0.345 e. The molecular formula is C16H16N4O6S. The molecule has 0 fully saturated rings. The van der Waals surface area contributed by atoms with E-state index in [2.05, 4.69) is 15.6 Å². The number of nitrogens with zero attached hydrogens (tertiary/aromatic N) is 2. The van der Waals surface area contributed by atoms with Crippen LogP contribution < -0.4 is 10.6 Å². The first-order valence-electron chi connectivity index (χ1n) is 7.86. The van der Waals surface area contributed by atoms with Gasteiger partial charge in [0.15, 0.2) is 5.13 Å². The van der Waals surface area contributed by atoms with Crippen LogP contribution in [0.25, 0.3) is 0 Å². The number of hydrogen-bond donors (Lipinski definition) is 3. The summed E-state index contributed by atoms with van der Waals surface area (Å²) in [6.07, 6.45) is 1.30. The molecule has 0 atom stereocenters. The van der Waals surface area contributed by atoms with Crippen LogP contribution in [0.4, 0.5) is 10.1 Å². The van der Waals surface area contributed by atoms with E-state index in [-0.39, 0.29) is 32.7 Å². The highest BCUT2D eigenvalue weighted by atomic mass is 32.1. The predicted octanol–water partition coefficient (Wildman–Crippen LogP) is 2.07. The Kier molecular flexibility index (Phi) is 6.55. The maximum absolute atomic E-state index is 12.4. The Morgan fingerprint density at radius 1 is 1.30 bits per heavy atom. The number of hydrogen-bond acceptors (Lipinski definition) is 7. The second-order valence-electron chi connectivity index (χ2n) is 5.41. The van der Waals surface area contributed by atoms with E-state index in [1.165, 1.54) is 18.2 Å². The van der Waals surface area contributed by atoms with Crippen molar-refractivity contribution < 1.29 is 24.4 Å². The average Bonchev–Trinajstić information content (AvgIpc) is 3.07. The van der Waals surface area contributed by atoms with Crippen LogP contribution in [0.3, 0.4) is 0 Å². The molecular weight excluding hydrogens is 376 g/mol. The van der Waals surface area contributed by atoms with Gasteiger partial charge in [-0.2, -0.15) is 0 Å². The van der Waals surface area contributed by atoms with E-state index in [9.17, 15) is 24.5 Å². The fraction of sp³-hybridized carbons (Fsp3) is 0.250. The van der Waals surface area contributed by atoms with Gasteiger partial charge in [-0.05, 0) is 41.5 Å². The monoisotopic (exact) mass is 392 g/mol. The Balaban J connectivity index is 2.27. The highest BCUT2D eigenvalue weighted by Gasteiger charge is 2.19. The van der Waals surface area contributed by atoms with E-state index in [0.29, 0.717) is 17.9 Å². The third kappa shape index (κ3) is 5.31. The van der Waals surface area contributed by atoms with Crippen LogP contribution in [0.2, 0.25) is 0 Å². The van der Waals surface area contributed by atoms with Crippen LogP contribution in [0.5, 0.6) is 0 Å². The molecule has 0 aliphatic carbocycles. The Labute approximate surface area is 157 Å². The van der Waals surface area contributed by atoms with Gasteiger partial charge in [0.1, 0.15) is 6.20 Å². The van der Waals surface area contributed by atoms with Crippen molar-refractivity contribution in [3.8, 4) is 0 Å². The van der Waals surface area contributed by atoms with Crippen molar-refractivity contribution >= 4 is 39.3 Å². The first-order valence-corrected chi connectivity index (χ1v) is 8.68.